The van der Waals surface area contributed by atoms with Crippen molar-refractivity contribution in [2.24, 2.45) is 5.14 Å². The van der Waals surface area contributed by atoms with Gasteiger partial charge in [-0.05, 0) is 57.9 Å². The third-order valence-corrected chi connectivity index (χ3v) is 7.83. The number of rotatable bonds is 8. The lowest BCUT2D eigenvalue weighted by molar-refractivity contribution is 0.0957. The first-order valence-electron chi connectivity index (χ1n) is 10.7. The molecule has 8 nitrogen and oxygen atoms in total. The summed E-state index contributed by atoms with van der Waals surface area (Å²) in [6.07, 6.45) is 2.35. The molecule has 4 rings (SSSR count). The third-order valence-electron chi connectivity index (χ3n) is 5.95. The Kier molecular flexibility index (Phi) is 6.49. The molecule has 10 heteroatoms. The number of nitrogens with two attached hydrogens (primary N) is 1. The highest BCUT2D eigenvalue weighted by Gasteiger charge is 2.22. The van der Waals surface area contributed by atoms with Gasteiger partial charge in [-0.3, -0.25) is 4.79 Å². The Labute approximate surface area is 192 Å². The minimum Gasteiger partial charge on any atom is -0.376 e. The summed E-state index contributed by atoms with van der Waals surface area (Å²) in [6.45, 7) is 8.22. The largest absolute Gasteiger partial charge is 0.376 e. The number of benzene rings is 1. The lowest BCUT2D eigenvalue weighted by Crippen LogP contribution is -2.17. The van der Waals surface area contributed by atoms with Gasteiger partial charge in [-0.2, -0.15) is 0 Å². The fourth-order valence-electron chi connectivity index (χ4n) is 4.24. The summed E-state index contributed by atoms with van der Waals surface area (Å²) in [4.78, 5) is 17.6. The van der Waals surface area contributed by atoms with Crippen molar-refractivity contribution < 1.29 is 17.9 Å². The van der Waals surface area contributed by atoms with E-state index >= 15 is 0 Å². The van der Waals surface area contributed by atoms with Gasteiger partial charge in [0.05, 0.1) is 27.8 Å². The molecule has 0 radical (unpaired) electrons. The Balaban J connectivity index is 1.54. The summed E-state index contributed by atoms with van der Waals surface area (Å²) in [7, 11) is -3.80. The molecule has 2 N–H and O–H groups in total. The number of primary sulfonamides is 1. The van der Waals surface area contributed by atoms with Gasteiger partial charge in [0.1, 0.15) is 0 Å². The summed E-state index contributed by atoms with van der Waals surface area (Å²) >= 11 is 1.36. The van der Waals surface area contributed by atoms with Crippen LogP contribution in [0.2, 0.25) is 0 Å². The molecule has 3 aromatic rings. The number of aryl methyl sites for hydroxylation is 2. The van der Waals surface area contributed by atoms with Gasteiger partial charge in [0.15, 0.2) is 10.9 Å². The van der Waals surface area contributed by atoms with Gasteiger partial charge in [0.2, 0.25) is 10.0 Å². The number of thioether (sulfide) groups is 1. The number of ketones is 1. The van der Waals surface area contributed by atoms with Crippen LogP contribution in [-0.2, 0) is 27.8 Å². The zero-order valence-electron chi connectivity index (χ0n) is 18.5. The molecule has 0 saturated carbocycles. The number of nitrogens with zero attached hydrogens (tertiary/aromatic N) is 3. The Bertz CT molecular complexity index is 1270. The van der Waals surface area contributed by atoms with Crippen LogP contribution in [0.15, 0.2) is 34.3 Å². The fourth-order valence-corrected chi connectivity index (χ4v) is 5.74. The smallest absolute Gasteiger partial charge is 0.238 e. The number of aromatic nitrogens is 3. The molecule has 1 aliphatic heterocycles. The lowest BCUT2D eigenvalue weighted by Gasteiger charge is -2.14. The predicted octanol–water partition coefficient (Wildman–Crippen LogP) is 3.28. The van der Waals surface area contributed by atoms with Crippen molar-refractivity contribution in [2.75, 3.05) is 12.4 Å². The third kappa shape index (κ3) is 4.50. The Morgan fingerprint density at radius 1 is 1.28 bits per heavy atom. The van der Waals surface area contributed by atoms with E-state index in [-0.39, 0.29) is 22.5 Å². The number of hydrogen-bond acceptors (Lipinski definition) is 6. The number of hydrogen-bond donors (Lipinski definition) is 1. The van der Waals surface area contributed by atoms with E-state index in [2.05, 4.69) is 9.55 Å². The van der Waals surface area contributed by atoms with Crippen LogP contribution in [-0.4, -0.2) is 46.8 Å². The molecule has 1 fully saturated rings. The van der Waals surface area contributed by atoms with Crippen molar-refractivity contribution in [3.8, 4) is 0 Å². The fraction of sp³-hybridized carbons (Fsp3) is 0.455. The Morgan fingerprint density at radius 2 is 2.06 bits per heavy atom. The van der Waals surface area contributed by atoms with Crippen molar-refractivity contribution in [3.63, 3.8) is 0 Å². The van der Waals surface area contributed by atoms with E-state index in [0.717, 1.165) is 48.5 Å². The molecule has 0 unspecified atom stereocenters. The van der Waals surface area contributed by atoms with Crippen LogP contribution in [0.3, 0.4) is 0 Å². The topological polar surface area (TPSA) is 109 Å². The van der Waals surface area contributed by atoms with Gasteiger partial charge < -0.3 is 13.9 Å². The van der Waals surface area contributed by atoms with Gasteiger partial charge in [0, 0.05) is 36.6 Å². The SMILES string of the molecule is CCn1c(SCC(=O)c2cc(C)n(C[C@H]3CCCO3)c2C)nc2cc(S(N)(=O)=O)ccc21. The number of sulfonamides is 1. The predicted molar refractivity (Wildman–Crippen MR) is 125 cm³/mol. The molecule has 1 saturated heterocycles. The zero-order chi connectivity index (χ0) is 23.0. The average Bonchev–Trinajstić information content (AvgIpc) is 3.45. The second-order valence-corrected chi connectivity index (χ2v) is 10.6. The number of ether oxygens (including phenoxy) is 1. The van der Waals surface area contributed by atoms with Crippen molar-refractivity contribution in [1.29, 1.82) is 0 Å². The number of carbonyl (C=O) groups is 1. The maximum absolute atomic E-state index is 13.0. The van der Waals surface area contributed by atoms with Crippen LogP contribution >= 0.6 is 11.8 Å². The van der Waals surface area contributed by atoms with Gasteiger partial charge in [0.25, 0.3) is 0 Å². The summed E-state index contributed by atoms with van der Waals surface area (Å²) in [6, 6.07) is 6.61. The minimum absolute atomic E-state index is 0.0251. The first kappa shape index (κ1) is 23.0. The summed E-state index contributed by atoms with van der Waals surface area (Å²) in [5.74, 6) is 0.289. The molecule has 1 atom stereocenters. The van der Waals surface area contributed by atoms with Gasteiger partial charge in [-0.1, -0.05) is 11.8 Å². The molecule has 172 valence electrons. The molecule has 0 aliphatic carbocycles. The molecule has 1 aromatic carbocycles. The van der Waals surface area contributed by atoms with E-state index in [9.17, 15) is 13.2 Å². The average molecular weight is 477 g/mol. The Hall–Kier alpha value is -2.14. The van der Waals surface area contributed by atoms with Gasteiger partial charge >= 0.3 is 0 Å². The molecule has 3 heterocycles. The molecule has 32 heavy (non-hydrogen) atoms. The molecular formula is C22H28N4O4S2. The number of imidazole rings is 1. The zero-order valence-corrected chi connectivity index (χ0v) is 20.1. The van der Waals surface area contributed by atoms with E-state index in [1.165, 1.54) is 23.9 Å². The van der Waals surface area contributed by atoms with Crippen molar-refractivity contribution in [1.82, 2.24) is 14.1 Å². The van der Waals surface area contributed by atoms with Gasteiger partial charge in [-0.25, -0.2) is 18.5 Å². The highest BCUT2D eigenvalue weighted by Crippen LogP contribution is 2.28. The van der Waals surface area contributed by atoms with E-state index in [1.807, 2.05) is 31.4 Å². The number of Topliss-reactive ketones (excluding diaryl/α,β-unsaturated/α-hetero) is 1. The molecule has 2 aromatic heterocycles. The molecule has 0 amide bonds. The maximum Gasteiger partial charge on any atom is 0.238 e. The van der Waals surface area contributed by atoms with Crippen LogP contribution in [0.4, 0.5) is 0 Å². The minimum atomic E-state index is -3.80. The lowest BCUT2D eigenvalue weighted by atomic mass is 10.2. The maximum atomic E-state index is 13.0. The van der Waals surface area contributed by atoms with E-state index in [4.69, 9.17) is 9.88 Å². The van der Waals surface area contributed by atoms with Crippen LogP contribution in [0, 0.1) is 13.8 Å². The Morgan fingerprint density at radius 3 is 2.72 bits per heavy atom. The second-order valence-electron chi connectivity index (χ2n) is 8.08. The second kappa shape index (κ2) is 9.01. The summed E-state index contributed by atoms with van der Waals surface area (Å²) in [5.41, 5.74) is 4.10. The van der Waals surface area contributed by atoms with Crippen LogP contribution in [0.25, 0.3) is 11.0 Å². The van der Waals surface area contributed by atoms with Crippen molar-refractivity contribution >= 4 is 38.6 Å². The molecule has 0 bridgehead atoms. The van der Waals surface area contributed by atoms with Crippen molar-refractivity contribution in [3.05, 3.63) is 41.2 Å². The first-order chi connectivity index (χ1) is 15.2. The van der Waals surface area contributed by atoms with Crippen LogP contribution in [0.1, 0.15) is 41.5 Å². The highest BCUT2D eigenvalue weighted by atomic mass is 32.2. The normalized spacial score (nSPS) is 16.8. The number of carbonyl (C=O) groups excluding carboxylic acids is 1. The number of fused-ring (bicyclic) bond motifs is 1. The molecule has 1 aliphatic rings. The van der Waals surface area contributed by atoms with Crippen LogP contribution < -0.4 is 5.14 Å². The van der Waals surface area contributed by atoms with Crippen molar-refractivity contribution in [2.45, 2.75) is 62.9 Å². The summed E-state index contributed by atoms with van der Waals surface area (Å²) in [5, 5.41) is 5.92. The van der Waals surface area contributed by atoms with E-state index in [0.29, 0.717) is 17.2 Å². The standard InChI is InChI=1S/C22H28N4O4S2/c1-4-25-20-8-7-17(32(23,28)29)11-19(20)24-22(25)31-13-21(27)18-10-14(2)26(15(18)3)12-16-6-5-9-30-16/h7-8,10-11,16H,4-6,9,12-13H2,1-3H3,(H2,23,28,29)/t16-/m1/s1. The van der Waals surface area contributed by atoms with Crippen LogP contribution in [0.5, 0.6) is 0 Å². The highest BCUT2D eigenvalue weighted by molar-refractivity contribution is 7.99. The monoisotopic (exact) mass is 476 g/mol. The molecular weight excluding hydrogens is 448 g/mol. The van der Waals surface area contributed by atoms with Gasteiger partial charge in [-0.15, -0.1) is 0 Å². The van der Waals surface area contributed by atoms with E-state index < -0.39 is 10.0 Å². The first-order valence-corrected chi connectivity index (χ1v) is 13.2. The van der Waals surface area contributed by atoms with E-state index in [1.54, 1.807) is 6.07 Å². The quantitative estimate of drug-likeness (QED) is 0.395. The molecule has 0 spiro atoms. The summed E-state index contributed by atoms with van der Waals surface area (Å²) < 4.78 is 33.2.